The number of nitrogens with zero attached hydrogens (tertiary/aromatic N) is 2. The minimum Gasteiger partial charge on any atom is -0.497 e. The van der Waals surface area contributed by atoms with Gasteiger partial charge in [0.15, 0.2) is 5.13 Å². The summed E-state index contributed by atoms with van der Waals surface area (Å²) in [5.74, 6) is 0.903. The second-order valence-corrected chi connectivity index (χ2v) is 8.95. The van der Waals surface area contributed by atoms with Gasteiger partial charge < -0.3 is 14.4 Å². The van der Waals surface area contributed by atoms with Gasteiger partial charge in [0.2, 0.25) is 0 Å². The molecule has 0 unspecified atom stereocenters. The van der Waals surface area contributed by atoms with Gasteiger partial charge in [-0.1, -0.05) is 36.8 Å². The highest BCUT2D eigenvalue weighted by molar-refractivity contribution is 7.16. The van der Waals surface area contributed by atoms with E-state index in [1.165, 1.54) is 37.2 Å². The first-order chi connectivity index (χ1) is 15.7. The number of rotatable bonds is 8. The summed E-state index contributed by atoms with van der Waals surface area (Å²) in [6.45, 7) is 3.35. The molecule has 2 aromatic carbocycles. The van der Waals surface area contributed by atoms with Gasteiger partial charge in [-0.2, -0.15) is 0 Å². The summed E-state index contributed by atoms with van der Waals surface area (Å²) in [7, 11) is 3.13. The molecule has 4 rings (SSSR count). The van der Waals surface area contributed by atoms with Crippen molar-refractivity contribution in [3.63, 3.8) is 0 Å². The van der Waals surface area contributed by atoms with Crippen molar-refractivity contribution < 1.29 is 14.3 Å². The molecule has 1 N–H and O–H groups in total. The van der Waals surface area contributed by atoms with Crippen molar-refractivity contribution in [3.8, 4) is 22.8 Å². The average Bonchev–Trinajstić information content (AvgIpc) is 3.26. The smallest absolute Gasteiger partial charge is 0.257 e. The maximum atomic E-state index is 12.9. The van der Waals surface area contributed by atoms with E-state index in [4.69, 9.17) is 14.5 Å². The Kier molecular flexibility index (Phi) is 7.39. The molecule has 1 aromatic heterocycles. The lowest BCUT2D eigenvalue weighted by atomic mass is 10.1. The maximum Gasteiger partial charge on any atom is 0.257 e. The largest absolute Gasteiger partial charge is 0.497 e. The molecule has 0 spiro atoms. The Labute approximate surface area is 193 Å². The number of benzene rings is 2. The third-order valence-electron chi connectivity index (χ3n) is 5.68. The Balaban J connectivity index is 1.56. The van der Waals surface area contributed by atoms with Crippen molar-refractivity contribution in [3.05, 3.63) is 59.0 Å². The van der Waals surface area contributed by atoms with Gasteiger partial charge in [-0.15, -0.1) is 11.3 Å². The second-order valence-electron chi connectivity index (χ2n) is 7.86. The van der Waals surface area contributed by atoms with Gasteiger partial charge in [0.1, 0.15) is 11.5 Å². The van der Waals surface area contributed by atoms with E-state index < -0.39 is 0 Å². The van der Waals surface area contributed by atoms with Crippen LogP contribution in [0.2, 0.25) is 0 Å². The Bertz CT molecular complexity index is 1020. The summed E-state index contributed by atoms with van der Waals surface area (Å²) in [4.78, 5) is 21.5. The van der Waals surface area contributed by atoms with Crippen LogP contribution < -0.4 is 14.8 Å². The molecule has 7 heteroatoms. The van der Waals surface area contributed by atoms with Crippen LogP contribution in [0, 0.1) is 0 Å². The van der Waals surface area contributed by atoms with Gasteiger partial charge in [0.25, 0.3) is 5.91 Å². The molecule has 1 aliphatic rings. The Morgan fingerprint density at radius 1 is 1.03 bits per heavy atom. The monoisotopic (exact) mass is 451 g/mol. The summed E-state index contributed by atoms with van der Waals surface area (Å²) >= 11 is 1.55. The van der Waals surface area contributed by atoms with Gasteiger partial charge in [0.05, 0.1) is 19.9 Å². The molecule has 1 amide bonds. The molecule has 3 aromatic rings. The normalized spacial score (nSPS) is 14.2. The minimum absolute atomic E-state index is 0.238. The zero-order chi connectivity index (χ0) is 22.3. The fourth-order valence-corrected chi connectivity index (χ4v) is 4.91. The lowest BCUT2D eigenvalue weighted by Crippen LogP contribution is -2.31. The van der Waals surface area contributed by atoms with E-state index in [0.717, 1.165) is 24.2 Å². The van der Waals surface area contributed by atoms with E-state index in [2.05, 4.69) is 22.3 Å². The van der Waals surface area contributed by atoms with Crippen LogP contribution in [-0.4, -0.2) is 49.6 Å². The van der Waals surface area contributed by atoms with E-state index in [-0.39, 0.29) is 5.91 Å². The van der Waals surface area contributed by atoms with E-state index in [0.29, 0.717) is 22.2 Å². The van der Waals surface area contributed by atoms with Crippen molar-refractivity contribution in [1.82, 2.24) is 9.88 Å². The van der Waals surface area contributed by atoms with E-state index >= 15 is 0 Å². The molecule has 2 heterocycles. The number of thiazole rings is 1. The number of carbonyl (C=O) groups is 1. The van der Waals surface area contributed by atoms with Crippen LogP contribution in [0.4, 0.5) is 5.13 Å². The molecule has 168 valence electrons. The average molecular weight is 452 g/mol. The quantitative estimate of drug-likeness (QED) is 0.516. The Morgan fingerprint density at radius 2 is 1.72 bits per heavy atom. The zero-order valence-corrected chi connectivity index (χ0v) is 19.4. The minimum atomic E-state index is -0.238. The van der Waals surface area contributed by atoms with Crippen molar-refractivity contribution in [2.24, 2.45) is 0 Å². The molecule has 0 aliphatic carbocycles. The van der Waals surface area contributed by atoms with Crippen molar-refractivity contribution in [2.75, 3.05) is 39.2 Å². The first kappa shape index (κ1) is 22.3. The number of amides is 1. The van der Waals surface area contributed by atoms with Gasteiger partial charge in [-0.3, -0.25) is 10.1 Å². The van der Waals surface area contributed by atoms with Crippen LogP contribution in [0.5, 0.6) is 11.5 Å². The molecule has 1 aliphatic heterocycles. The SMILES string of the molecule is COc1cc(OC)cc(C(=O)Nc2nc(-c3ccccc3)c(CCN3CCCCC3)s2)c1. The molecular weight excluding hydrogens is 422 g/mol. The number of aromatic nitrogens is 1. The van der Waals surface area contributed by atoms with Gasteiger partial charge in [-0.25, -0.2) is 4.98 Å². The van der Waals surface area contributed by atoms with Gasteiger partial charge in [0, 0.05) is 28.6 Å². The number of methoxy groups -OCH3 is 2. The summed E-state index contributed by atoms with van der Waals surface area (Å²) in [6, 6.07) is 15.3. The van der Waals surface area contributed by atoms with Gasteiger partial charge >= 0.3 is 0 Å². The first-order valence-corrected chi connectivity index (χ1v) is 11.8. The van der Waals surface area contributed by atoms with E-state index in [1.54, 1.807) is 43.8 Å². The number of anilines is 1. The first-order valence-electron chi connectivity index (χ1n) is 11.0. The highest BCUT2D eigenvalue weighted by Crippen LogP contribution is 2.32. The number of carbonyl (C=O) groups excluding carboxylic acids is 1. The highest BCUT2D eigenvalue weighted by Gasteiger charge is 2.18. The number of piperidine rings is 1. The Morgan fingerprint density at radius 3 is 2.38 bits per heavy atom. The van der Waals surface area contributed by atoms with Crippen LogP contribution in [-0.2, 0) is 6.42 Å². The summed E-state index contributed by atoms with van der Waals surface area (Å²) in [6.07, 6.45) is 4.81. The topological polar surface area (TPSA) is 63.7 Å². The number of hydrogen-bond acceptors (Lipinski definition) is 6. The summed E-state index contributed by atoms with van der Waals surface area (Å²) in [5.41, 5.74) is 2.49. The second kappa shape index (κ2) is 10.6. The van der Waals surface area contributed by atoms with Crippen LogP contribution in [0.15, 0.2) is 48.5 Å². The molecule has 0 bridgehead atoms. The molecule has 0 radical (unpaired) electrons. The predicted octanol–water partition coefficient (Wildman–Crippen LogP) is 5.11. The molecular formula is C25H29N3O3S. The third-order valence-corrected chi connectivity index (χ3v) is 6.71. The van der Waals surface area contributed by atoms with E-state index in [9.17, 15) is 4.79 Å². The molecule has 0 saturated carbocycles. The van der Waals surface area contributed by atoms with Crippen LogP contribution in [0.3, 0.4) is 0 Å². The molecule has 1 fully saturated rings. The van der Waals surface area contributed by atoms with Crippen LogP contribution in [0.25, 0.3) is 11.3 Å². The van der Waals surface area contributed by atoms with Gasteiger partial charge in [-0.05, 0) is 44.5 Å². The number of nitrogens with one attached hydrogen (secondary N) is 1. The number of likely N-dealkylation sites (tertiary alicyclic amines) is 1. The van der Waals surface area contributed by atoms with Crippen LogP contribution >= 0.6 is 11.3 Å². The van der Waals surface area contributed by atoms with E-state index in [1.807, 2.05) is 18.2 Å². The Hall–Kier alpha value is -2.90. The van der Waals surface area contributed by atoms with Crippen molar-refractivity contribution >= 4 is 22.4 Å². The standard InChI is InChI=1S/C25H29N3O3S/c1-30-20-15-19(16-21(17-20)31-2)24(29)27-25-26-23(18-9-5-3-6-10-18)22(32-25)11-14-28-12-7-4-8-13-28/h3,5-6,9-10,15-17H,4,7-8,11-14H2,1-2H3,(H,26,27,29). The molecule has 6 nitrogen and oxygen atoms in total. The van der Waals surface area contributed by atoms with Crippen molar-refractivity contribution in [1.29, 1.82) is 0 Å². The lowest BCUT2D eigenvalue weighted by molar-refractivity contribution is 0.102. The molecule has 32 heavy (non-hydrogen) atoms. The van der Waals surface area contributed by atoms with Crippen LogP contribution in [0.1, 0.15) is 34.5 Å². The molecule has 0 atom stereocenters. The molecule has 1 saturated heterocycles. The fourth-order valence-electron chi connectivity index (χ4n) is 3.95. The maximum absolute atomic E-state index is 12.9. The summed E-state index contributed by atoms with van der Waals surface area (Å²) < 4.78 is 10.6. The number of hydrogen-bond donors (Lipinski definition) is 1. The highest BCUT2D eigenvalue weighted by atomic mass is 32.1. The zero-order valence-electron chi connectivity index (χ0n) is 18.6. The lowest BCUT2D eigenvalue weighted by Gasteiger charge is -2.26. The third kappa shape index (κ3) is 5.47. The number of ether oxygens (including phenoxy) is 2. The summed E-state index contributed by atoms with van der Waals surface area (Å²) in [5, 5.41) is 3.57. The predicted molar refractivity (Wildman–Crippen MR) is 129 cm³/mol. The van der Waals surface area contributed by atoms with Crippen molar-refractivity contribution in [2.45, 2.75) is 25.7 Å². The fraction of sp³-hybridized carbons (Fsp3) is 0.360.